The van der Waals surface area contributed by atoms with Gasteiger partial charge in [0.05, 0.1) is 0 Å². The van der Waals surface area contributed by atoms with Crippen molar-refractivity contribution in [3.05, 3.63) is 53.3 Å². The molecule has 1 unspecified atom stereocenters. The van der Waals surface area contributed by atoms with Gasteiger partial charge in [0.15, 0.2) is 5.82 Å². The molecule has 2 aromatic heterocycles. The quantitative estimate of drug-likeness (QED) is 0.669. The molecule has 1 aliphatic heterocycles. The second kappa shape index (κ2) is 6.52. The van der Waals surface area contributed by atoms with E-state index in [0.29, 0.717) is 23.8 Å². The molecule has 3 N–H and O–H groups in total. The number of fused-ring (bicyclic) bond motifs is 1. The Balaban J connectivity index is 1.42. The first-order chi connectivity index (χ1) is 12.2. The van der Waals surface area contributed by atoms with Crippen molar-refractivity contribution in [2.75, 3.05) is 17.2 Å². The average molecular weight is 355 g/mol. The Hall–Kier alpha value is -2.93. The van der Waals surface area contributed by atoms with E-state index >= 15 is 0 Å². The van der Waals surface area contributed by atoms with Crippen LogP contribution >= 0.6 is 11.6 Å². The highest BCUT2D eigenvalue weighted by Gasteiger charge is 2.25. The van der Waals surface area contributed by atoms with Crippen LogP contribution in [0.25, 0.3) is 11.4 Å². The molecule has 0 bridgehead atoms. The van der Waals surface area contributed by atoms with Crippen molar-refractivity contribution in [2.24, 2.45) is 0 Å². The van der Waals surface area contributed by atoms with Crippen molar-refractivity contribution in [3.63, 3.8) is 0 Å². The predicted molar refractivity (Wildman–Crippen MR) is 95.5 cm³/mol. The highest BCUT2D eigenvalue weighted by Crippen LogP contribution is 2.35. The number of pyridine rings is 1. The van der Waals surface area contributed by atoms with Crippen molar-refractivity contribution in [3.8, 4) is 11.4 Å². The van der Waals surface area contributed by atoms with Crippen LogP contribution in [0.1, 0.15) is 17.9 Å². The standard InChI is InChI=1S/C17H15ClN6O/c18-12-1-2-13-11(9-20-14(13)8-12)7-15(25)21-17-22-16(23-24-17)10-3-5-19-6-4-10/h1-6,8,11,20H,7,9H2,(H2,21,22,23,24,25). The molecule has 0 spiro atoms. The van der Waals surface area contributed by atoms with E-state index in [-0.39, 0.29) is 17.8 Å². The van der Waals surface area contributed by atoms with Crippen LogP contribution in [0.15, 0.2) is 42.7 Å². The number of carbonyl (C=O) groups excluding carboxylic acids is 1. The van der Waals surface area contributed by atoms with Crippen LogP contribution in [-0.4, -0.2) is 32.6 Å². The summed E-state index contributed by atoms with van der Waals surface area (Å²) < 4.78 is 0. The summed E-state index contributed by atoms with van der Waals surface area (Å²) in [7, 11) is 0. The minimum atomic E-state index is -0.130. The van der Waals surface area contributed by atoms with Crippen LogP contribution in [0.2, 0.25) is 5.02 Å². The molecular weight excluding hydrogens is 340 g/mol. The first kappa shape index (κ1) is 15.6. The van der Waals surface area contributed by atoms with Crippen molar-refractivity contribution in [1.29, 1.82) is 0 Å². The molecular formula is C17H15ClN6O. The molecule has 25 heavy (non-hydrogen) atoms. The topological polar surface area (TPSA) is 95.6 Å². The molecule has 1 aliphatic rings. The lowest BCUT2D eigenvalue weighted by Crippen LogP contribution is -2.17. The molecule has 1 atom stereocenters. The predicted octanol–water partition coefficient (Wildman–Crippen LogP) is 3.06. The van der Waals surface area contributed by atoms with Crippen molar-refractivity contribution in [2.45, 2.75) is 12.3 Å². The number of aromatic amines is 1. The first-order valence-corrected chi connectivity index (χ1v) is 8.23. The summed E-state index contributed by atoms with van der Waals surface area (Å²) in [4.78, 5) is 20.6. The normalized spacial score (nSPS) is 15.5. The first-order valence-electron chi connectivity index (χ1n) is 7.85. The molecule has 0 aliphatic carbocycles. The number of hydrogen-bond acceptors (Lipinski definition) is 5. The van der Waals surface area contributed by atoms with E-state index in [9.17, 15) is 4.79 Å². The van der Waals surface area contributed by atoms with Crippen LogP contribution in [0.4, 0.5) is 11.6 Å². The number of amides is 1. The van der Waals surface area contributed by atoms with Gasteiger partial charge in [0.1, 0.15) is 0 Å². The monoisotopic (exact) mass is 354 g/mol. The smallest absolute Gasteiger partial charge is 0.249 e. The molecule has 1 aromatic carbocycles. The number of H-pyrrole nitrogens is 1. The largest absolute Gasteiger partial charge is 0.384 e. The second-order valence-corrected chi connectivity index (χ2v) is 6.24. The third-order valence-electron chi connectivity index (χ3n) is 4.12. The number of nitrogens with one attached hydrogen (secondary N) is 3. The number of anilines is 2. The minimum absolute atomic E-state index is 0.103. The van der Waals surface area contributed by atoms with E-state index in [4.69, 9.17) is 11.6 Å². The fourth-order valence-electron chi connectivity index (χ4n) is 2.92. The van der Waals surface area contributed by atoms with E-state index in [1.54, 1.807) is 12.4 Å². The van der Waals surface area contributed by atoms with Gasteiger partial charge in [-0.3, -0.25) is 20.2 Å². The summed E-state index contributed by atoms with van der Waals surface area (Å²) in [6.07, 6.45) is 3.70. The zero-order chi connectivity index (χ0) is 17.2. The van der Waals surface area contributed by atoms with Gasteiger partial charge in [-0.25, -0.2) is 0 Å². The van der Waals surface area contributed by atoms with E-state index in [1.807, 2.05) is 30.3 Å². The van der Waals surface area contributed by atoms with Gasteiger partial charge in [0.2, 0.25) is 11.9 Å². The SMILES string of the molecule is O=C(CC1CNc2cc(Cl)ccc21)Nc1n[nH]c(-c2ccncc2)n1. The van der Waals surface area contributed by atoms with Crippen LogP contribution in [0.5, 0.6) is 0 Å². The number of benzene rings is 1. The summed E-state index contributed by atoms with van der Waals surface area (Å²) in [5.41, 5.74) is 2.95. The highest BCUT2D eigenvalue weighted by atomic mass is 35.5. The lowest BCUT2D eigenvalue weighted by molar-refractivity contribution is -0.116. The maximum Gasteiger partial charge on any atom is 0.249 e. The number of nitrogens with zero attached hydrogens (tertiary/aromatic N) is 3. The molecule has 0 radical (unpaired) electrons. The zero-order valence-electron chi connectivity index (χ0n) is 13.2. The van der Waals surface area contributed by atoms with Gasteiger partial charge >= 0.3 is 0 Å². The van der Waals surface area contributed by atoms with Gasteiger partial charge in [-0.15, -0.1) is 5.10 Å². The van der Waals surface area contributed by atoms with Crippen LogP contribution in [-0.2, 0) is 4.79 Å². The third kappa shape index (κ3) is 3.32. The second-order valence-electron chi connectivity index (χ2n) is 5.81. The Bertz CT molecular complexity index is 911. The van der Waals surface area contributed by atoms with Gasteiger partial charge in [0, 0.05) is 47.6 Å². The summed E-state index contributed by atoms with van der Waals surface area (Å²) in [6.45, 7) is 0.708. The zero-order valence-corrected chi connectivity index (χ0v) is 13.9. The van der Waals surface area contributed by atoms with Gasteiger partial charge in [-0.2, -0.15) is 4.98 Å². The fraction of sp³-hybridized carbons (Fsp3) is 0.176. The van der Waals surface area contributed by atoms with Crippen molar-refractivity contribution >= 4 is 29.1 Å². The van der Waals surface area contributed by atoms with Crippen LogP contribution < -0.4 is 10.6 Å². The molecule has 8 heteroatoms. The molecule has 3 heterocycles. The molecule has 0 fully saturated rings. The molecule has 0 saturated carbocycles. The average Bonchev–Trinajstić information content (AvgIpc) is 3.23. The third-order valence-corrected chi connectivity index (χ3v) is 4.35. The Morgan fingerprint density at radius 1 is 1.28 bits per heavy atom. The summed E-state index contributed by atoms with van der Waals surface area (Å²) in [6, 6.07) is 9.32. The fourth-order valence-corrected chi connectivity index (χ4v) is 3.09. The van der Waals surface area contributed by atoms with E-state index < -0.39 is 0 Å². The van der Waals surface area contributed by atoms with Gasteiger partial charge < -0.3 is 5.32 Å². The molecule has 7 nitrogen and oxygen atoms in total. The van der Waals surface area contributed by atoms with Gasteiger partial charge in [-0.05, 0) is 29.8 Å². The van der Waals surface area contributed by atoms with Crippen molar-refractivity contribution < 1.29 is 4.79 Å². The maximum absolute atomic E-state index is 12.3. The molecule has 4 rings (SSSR count). The Morgan fingerprint density at radius 3 is 2.96 bits per heavy atom. The van der Waals surface area contributed by atoms with E-state index in [0.717, 1.165) is 16.8 Å². The maximum atomic E-state index is 12.3. The Labute approximate surface area is 148 Å². The van der Waals surface area contributed by atoms with E-state index in [1.165, 1.54) is 0 Å². The molecule has 0 saturated heterocycles. The number of halogens is 1. The molecule has 1 amide bonds. The Morgan fingerprint density at radius 2 is 2.12 bits per heavy atom. The lowest BCUT2D eigenvalue weighted by atomic mass is 9.97. The van der Waals surface area contributed by atoms with E-state index in [2.05, 4.69) is 30.8 Å². The van der Waals surface area contributed by atoms with Crippen molar-refractivity contribution in [1.82, 2.24) is 20.2 Å². The van der Waals surface area contributed by atoms with Crippen LogP contribution in [0, 0.1) is 0 Å². The minimum Gasteiger partial charge on any atom is -0.384 e. The van der Waals surface area contributed by atoms with Gasteiger partial charge in [-0.1, -0.05) is 17.7 Å². The lowest BCUT2D eigenvalue weighted by Gasteiger charge is -2.09. The molecule has 126 valence electrons. The van der Waals surface area contributed by atoms with Gasteiger partial charge in [0.25, 0.3) is 0 Å². The Kier molecular flexibility index (Phi) is 4.07. The number of aromatic nitrogens is 4. The number of hydrogen-bond donors (Lipinski definition) is 3. The number of rotatable bonds is 4. The number of carbonyl (C=O) groups is 1. The highest BCUT2D eigenvalue weighted by molar-refractivity contribution is 6.30. The summed E-state index contributed by atoms with van der Waals surface area (Å²) in [5.74, 6) is 0.820. The summed E-state index contributed by atoms with van der Waals surface area (Å²) in [5, 5.41) is 13.6. The summed E-state index contributed by atoms with van der Waals surface area (Å²) >= 11 is 5.99. The molecule has 3 aromatic rings. The van der Waals surface area contributed by atoms with Crippen LogP contribution in [0.3, 0.4) is 0 Å².